The Morgan fingerprint density at radius 3 is 2.16 bits per heavy atom. The molecule has 290 valence electrons. The van der Waals surface area contributed by atoms with Gasteiger partial charge in [-0.05, 0) is 86.7 Å². The van der Waals surface area contributed by atoms with Gasteiger partial charge in [0.15, 0.2) is 0 Å². The van der Waals surface area contributed by atoms with Crippen molar-refractivity contribution in [2.45, 2.75) is 6.37 Å². The van der Waals surface area contributed by atoms with Gasteiger partial charge in [-0.2, -0.15) is 0 Å². The minimum Gasteiger partial charge on any atom is -0.656 e. The number of pyridine rings is 1. The molecule has 6 heteroatoms. The molecule has 4 heterocycles. The predicted molar refractivity (Wildman–Crippen MR) is 246 cm³/mol. The van der Waals surface area contributed by atoms with E-state index in [9.17, 15) is 2.74 Å². The summed E-state index contributed by atoms with van der Waals surface area (Å²) in [4.78, 5) is 15.5. The van der Waals surface area contributed by atoms with E-state index >= 15 is 0 Å². The Balaban J connectivity index is 0.00000444. The van der Waals surface area contributed by atoms with Crippen molar-refractivity contribution in [3.8, 4) is 45.1 Å². The van der Waals surface area contributed by atoms with Gasteiger partial charge in [0.05, 0.1) is 11.0 Å². The first-order valence-electron chi connectivity index (χ1n) is 21.1. The zero-order valence-electron chi connectivity index (χ0n) is 34.6. The van der Waals surface area contributed by atoms with Crippen molar-refractivity contribution in [3.05, 3.63) is 218 Å². The number of hydrogen-bond acceptors (Lipinski definition) is 2. The smallest absolute Gasteiger partial charge is 0.656 e. The third-order valence-electron chi connectivity index (χ3n) is 11.5. The van der Waals surface area contributed by atoms with Gasteiger partial charge < -0.3 is 9.55 Å². The molecule has 0 amide bonds. The van der Waals surface area contributed by atoms with Gasteiger partial charge >= 0.3 is 21.1 Å². The van der Waals surface area contributed by atoms with E-state index in [1.54, 1.807) is 0 Å². The average Bonchev–Trinajstić information content (AvgIpc) is 4.02. The fourth-order valence-electron chi connectivity index (χ4n) is 8.78. The van der Waals surface area contributed by atoms with Crippen molar-refractivity contribution in [1.29, 1.82) is 0 Å². The predicted octanol–water partition coefficient (Wildman–Crippen LogP) is 13.2. The summed E-state index contributed by atoms with van der Waals surface area (Å²) in [5.41, 5.74) is 12.4. The van der Waals surface area contributed by atoms with Crippen molar-refractivity contribution < 1.29 is 23.8 Å². The SMILES string of the molecule is [2H]C([2H])(c1ccccc1)c1cccc(-n2c(-c3cccc4c3[n-]c3ccccc34)nc3c(-c4[c-]c5c(cc4)c4cc(-c6ccccc6)ccc4n5-c4ccccn4)cccc32)c1.[Pt+2]. The van der Waals surface area contributed by atoms with E-state index in [1.807, 2.05) is 103 Å². The van der Waals surface area contributed by atoms with E-state index in [1.165, 1.54) is 0 Å². The average molecular weight is 963 g/mol. The van der Waals surface area contributed by atoms with Crippen LogP contribution in [0, 0.1) is 6.07 Å². The second kappa shape index (κ2) is 15.0. The molecule has 0 N–H and O–H groups in total. The normalized spacial score (nSPS) is 12.3. The van der Waals surface area contributed by atoms with E-state index in [2.05, 4.69) is 112 Å². The number of hydrogen-bond donors (Lipinski definition) is 0. The van der Waals surface area contributed by atoms with Gasteiger partial charge in [0, 0.05) is 25.7 Å². The molecule has 8 aromatic carbocycles. The van der Waals surface area contributed by atoms with Gasteiger partial charge in [-0.1, -0.05) is 157 Å². The maximum atomic E-state index is 9.29. The van der Waals surface area contributed by atoms with Crippen LogP contribution in [-0.4, -0.2) is 19.1 Å². The van der Waals surface area contributed by atoms with E-state index in [0.29, 0.717) is 11.1 Å². The van der Waals surface area contributed by atoms with Crippen molar-refractivity contribution in [3.63, 3.8) is 0 Å². The van der Waals surface area contributed by atoms with Crippen molar-refractivity contribution in [1.82, 2.24) is 24.1 Å². The van der Waals surface area contributed by atoms with Crippen molar-refractivity contribution in [2.24, 2.45) is 0 Å². The fraction of sp³-hybridized carbons (Fsp3) is 0.0182. The molecule has 0 saturated carbocycles. The summed E-state index contributed by atoms with van der Waals surface area (Å²) in [5, 5.41) is 4.35. The summed E-state index contributed by atoms with van der Waals surface area (Å²) in [6.07, 6.45) is 0.0951. The van der Waals surface area contributed by atoms with Gasteiger partial charge in [-0.25, -0.2) is 9.97 Å². The number of nitrogens with zero attached hydrogens (tertiary/aromatic N) is 5. The van der Waals surface area contributed by atoms with Crippen molar-refractivity contribution >= 4 is 54.6 Å². The summed E-state index contributed by atoms with van der Waals surface area (Å²) in [5.74, 6) is 1.53. The van der Waals surface area contributed by atoms with E-state index < -0.39 is 6.37 Å². The van der Waals surface area contributed by atoms with Crippen LogP contribution >= 0.6 is 0 Å². The molecule has 12 aromatic rings. The molecule has 5 nitrogen and oxygen atoms in total. The first-order valence-corrected chi connectivity index (χ1v) is 20.1. The third-order valence-corrected chi connectivity index (χ3v) is 11.5. The molecule has 61 heavy (non-hydrogen) atoms. The molecule has 0 atom stereocenters. The number of rotatable bonds is 7. The van der Waals surface area contributed by atoms with E-state index in [4.69, 9.17) is 15.0 Å². The summed E-state index contributed by atoms with van der Waals surface area (Å²) in [6, 6.07) is 69.2. The van der Waals surface area contributed by atoms with Crippen molar-refractivity contribution in [2.75, 3.05) is 0 Å². The minimum atomic E-state index is -1.73. The van der Waals surface area contributed by atoms with Crippen LogP contribution in [0.3, 0.4) is 0 Å². The topological polar surface area (TPSA) is 49.7 Å². The van der Waals surface area contributed by atoms with Crippen LogP contribution < -0.4 is 4.98 Å². The number of para-hydroxylation sites is 3. The second-order valence-electron chi connectivity index (χ2n) is 15.1. The van der Waals surface area contributed by atoms with Crippen LogP contribution in [0.25, 0.3) is 99.8 Å². The largest absolute Gasteiger partial charge is 2.00 e. The molecule has 0 bridgehead atoms. The summed E-state index contributed by atoms with van der Waals surface area (Å²) in [6.45, 7) is 0. The first kappa shape index (κ1) is 34.5. The van der Waals surface area contributed by atoms with Crippen LogP contribution in [0.5, 0.6) is 0 Å². The number of fused-ring (bicyclic) bond motifs is 7. The molecule has 0 spiro atoms. The van der Waals surface area contributed by atoms with Crippen LogP contribution in [0.4, 0.5) is 0 Å². The van der Waals surface area contributed by atoms with Crippen LogP contribution in [0.15, 0.2) is 200 Å². The standard InChI is InChI=1S/C55H35N5.Pt/c1-3-14-36(15-4-1)32-37-16-11-19-41(33-37)59-50-25-13-21-42(54(50)58-55(59)46-23-12-22-45-43-20-7-8-24-48(43)57-53(45)46)40-27-29-44-47-34-39(38-17-5-2-6-18-38)28-30-49(47)60(51(44)35-40)52-26-9-10-31-56-52;/h1-31,33-34H,32H2;/q-2;+2/i32D2;. The van der Waals surface area contributed by atoms with Gasteiger partial charge in [-0.15, -0.1) is 34.8 Å². The second-order valence-corrected chi connectivity index (χ2v) is 15.1. The van der Waals surface area contributed by atoms with E-state index in [-0.39, 0.29) is 21.1 Å². The maximum absolute atomic E-state index is 9.29. The van der Waals surface area contributed by atoms with Gasteiger partial charge in [0.1, 0.15) is 11.6 Å². The molecule has 0 aliphatic heterocycles. The molecular weight excluding hydrogens is 926 g/mol. The first-order chi connectivity index (χ1) is 30.5. The van der Waals surface area contributed by atoms with Crippen LogP contribution in [0.2, 0.25) is 0 Å². The molecule has 0 aliphatic carbocycles. The number of aromatic nitrogens is 5. The zero-order chi connectivity index (χ0) is 41.4. The Hall–Kier alpha value is -7.33. The maximum Gasteiger partial charge on any atom is 2.00 e. The van der Waals surface area contributed by atoms with Gasteiger partial charge in [-0.3, -0.25) is 4.57 Å². The Morgan fingerprint density at radius 1 is 0.541 bits per heavy atom. The van der Waals surface area contributed by atoms with Crippen LogP contribution in [0.1, 0.15) is 13.9 Å². The molecule has 0 aliphatic rings. The summed E-state index contributed by atoms with van der Waals surface area (Å²) < 4.78 is 22.9. The minimum absolute atomic E-state index is 0. The number of imidazole rings is 1. The molecule has 0 radical (unpaired) electrons. The van der Waals surface area contributed by atoms with Crippen LogP contribution in [-0.2, 0) is 27.4 Å². The van der Waals surface area contributed by atoms with Gasteiger partial charge in [0.25, 0.3) is 0 Å². The quantitative estimate of drug-likeness (QED) is 0.150. The molecule has 12 rings (SSSR count). The zero-order valence-corrected chi connectivity index (χ0v) is 34.9. The Morgan fingerprint density at radius 2 is 1.30 bits per heavy atom. The molecule has 4 aromatic heterocycles. The molecule has 0 unspecified atom stereocenters. The Bertz CT molecular complexity index is 3670. The molecule has 0 fully saturated rings. The summed E-state index contributed by atoms with van der Waals surface area (Å²) >= 11 is 0. The third kappa shape index (κ3) is 6.20. The fourth-order valence-corrected chi connectivity index (χ4v) is 8.78. The van der Waals surface area contributed by atoms with E-state index in [0.717, 1.165) is 99.8 Å². The summed E-state index contributed by atoms with van der Waals surface area (Å²) in [7, 11) is 0. The van der Waals surface area contributed by atoms with Gasteiger partial charge in [0.2, 0.25) is 0 Å². The Labute approximate surface area is 369 Å². The molecule has 0 saturated heterocycles. The Kier molecular flexibility index (Phi) is 8.52. The monoisotopic (exact) mass is 962 g/mol. The number of benzene rings is 8. The molecular formula is C55H35N5Pt.